The fourth-order valence-corrected chi connectivity index (χ4v) is 5.00. The average molecular weight is 882 g/mol. The Morgan fingerprint density at radius 2 is 0.902 bits per heavy atom. The molecule has 5 amide bonds. The zero-order chi connectivity index (χ0) is 44.4. The highest BCUT2D eigenvalue weighted by Gasteiger charge is 2.36. The van der Waals surface area contributed by atoms with Crippen molar-refractivity contribution in [3.05, 3.63) is 12.2 Å². The van der Waals surface area contributed by atoms with E-state index in [4.69, 9.17) is 68.3 Å². The van der Waals surface area contributed by atoms with Crippen LogP contribution < -0.4 is 22.1 Å². The molecular weight excluding hydrogens is 810 g/mol. The summed E-state index contributed by atoms with van der Waals surface area (Å²) in [6.07, 6.45) is 3.43. The number of hydrogen-bond donors (Lipinski definition) is 4. The maximum atomic E-state index is 12.6. The summed E-state index contributed by atoms with van der Waals surface area (Å²) in [4.78, 5) is 61.1. The minimum atomic E-state index is -1.26. The number of methoxy groups -OCH3 is 1. The van der Waals surface area contributed by atoms with Gasteiger partial charge in [0.1, 0.15) is 12.1 Å². The van der Waals surface area contributed by atoms with Gasteiger partial charge in [0.15, 0.2) is 0 Å². The van der Waals surface area contributed by atoms with Crippen LogP contribution in [0.4, 0.5) is 0 Å². The predicted molar refractivity (Wildman–Crippen MR) is 217 cm³/mol. The summed E-state index contributed by atoms with van der Waals surface area (Å²) in [5.74, 6) is -3.04. The van der Waals surface area contributed by atoms with Crippen LogP contribution in [0.1, 0.15) is 25.7 Å². The summed E-state index contributed by atoms with van der Waals surface area (Å²) in [6.45, 7) is 10.6. The molecular formula is C39H71N5O17. The number of rotatable bonds is 46. The Balaban J connectivity index is 1.78. The molecule has 22 nitrogen and oxygen atoms in total. The number of ether oxygens (including phenoxy) is 12. The van der Waals surface area contributed by atoms with Crippen molar-refractivity contribution in [3.63, 3.8) is 0 Å². The minimum Gasteiger partial charge on any atom is -0.382 e. The molecule has 1 rings (SSSR count). The summed E-state index contributed by atoms with van der Waals surface area (Å²) >= 11 is 0. The first-order valence-corrected chi connectivity index (χ1v) is 20.8. The Morgan fingerprint density at radius 1 is 0.557 bits per heavy atom. The Labute approximate surface area is 359 Å². The number of carbonyl (C=O) groups excluding carboxylic acids is 5. The van der Waals surface area contributed by atoms with Gasteiger partial charge >= 0.3 is 0 Å². The van der Waals surface area contributed by atoms with E-state index < -0.39 is 35.7 Å². The molecule has 0 saturated heterocycles. The molecule has 0 aromatic carbocycles. The van der Waals surface area contributed by atoms with E-state index in [1.807, 2.05) is 0 Å². The first-order valence-electron chi connectivity index (χ1n) is 20.8. The van der Waals surface area contributed by atoms with Gasteiger partial charge in [-0.25, -0.2) is 0 Å². The number of primary amides is 1. The summed E-state index contributed by atoms with van der Waals surface area (Å²) in [7, 11) is 1.64. The zero-order valence-corrected chi connectivity index (χ0v) is 35.9. The van der Waals surface area contributed by atoms with E-state index >= 15 is 0 Å². The van der Waals surface area contributed by atoms with Gasteiger partial charge in [0.2, 0.25) is 17.7 Å². The molecule has 1 aliphatic heterocycles. The van der Waals surface area contributed by atoms with Crippen molar-refractivity contribution in [2.24, 2.45) is 11.5 Å². The number of nitrogens with zero attached hydrogens (tertiary/aromatic N) is 1. The van der Waals surface area contributed by atoms with Gasteiger partial charge in [0, 0.05) is 38.8 Å². The average Bonchev–Trinajstić information content (AvgIpc) is 3.58. The number of amides is 5. The van der Waals surface area contributed by atoms with Crippen molar-refractivity contribution in [1.29, 1.82) is 0 Å². The molecule has 0 saturated carbocycles. The van der Waals surface area contributed by atoms with Crippen LogP contribution in [0.15, 0.2) is 12.2 Å². The maximum Gasteiger partial charge on any atom is 0.254 e. The zero-order valence-electron chi connectivity index (χ0n) is 35.9. The van der Waals surface area contributed by atoms with E-state index in [1.165, 1.54) is 0 Å². The lowest BCUT2D eigenvalue weighted by Crippen LogP contribution is -2.57. The molecule has 1 heterocycles. The molecule has 0 fully saturated rings. The van der Waals surface area contributed by atoms with E-state index in [9.17, 15) is 24.0 Å². The molecule has 1 aliphatic rings. The Kier molecular flexibility index (Phi) is 37.3. The summed E-state index contributed by atoms with van der Waals surface area (Å²) in [6, 6.07) is -2.29. The number of hydrogen-bond acceptors (Lipinski definition) is 18. The summed E-state index contributed by atoms with van der Waals surface area (Å²) in [5, 5.41) is 5.23. The van der Waals surface area contributed by atoms with Crippen molar-refractivity contribution >= 4 is 29.5 Å². The second kappa shape index (κ2) is 40.8. The maximum absolute atomic E-state index is 12.6. The summed E-state index contributed by atoms with van der Waals surface area (Å²) < 4.78 is 64.8. The highest BCUT2D eigenvalue weighted by atomic mass is 16.6. The van der Waals surface area contributed by atoms with Gasteiger partial charge in [-0.3, -0.25) is 28.9 Å². The standard InChI is InChI=1S/C39H71N5O17/c1-50-10-11-52-14-15-54-18-19-56-22-23-58-26-27-60-30-31-61-29-28-59-25-24-57-21-20-55-17-16-53-13-12-51-9-7-35(45)42-8-3-2-4-33(38(41)48)43-39(49)34(32-40)44-36(46)5-6-37(44)47/h5-6,33-34H,2-4,7-32,40H2,1H3,(H2,41,48)(H,42,45)(H,43,49). The van der Waals surface area contributed by atoms with Crippen LogP contribution in [0.3, 0.4) is 0 Å². The molecule has 0 bridgehead atoms. The second-order valence-corrected chi connectivity index (χ2v) is 12.9. The number of nitrogens with two attached hydrogens (primary N) is 2. The second-order valence-electron chi connectivity index (χ2n) is 12.9. The topological polar surface area (TPSA) is 275 Å². The molecule has 2 atom stereocenters. The number of imide groups is 1. The van der Waals surface area contributed by atoms with E-state index in [0.717, 1.165) is 17.1 Å². The Hall–Kier alpha value is -3.23. The SMILES string of the molecule is COCCOCCOCCOCCOCCOCCOCCOCCOCCOCCOCCOCCC(=O)NCCCCC(NC(=O)C(CN)N1C(=O)C=CC1=O)C(N)=O. The molecule has 354 valence electrons. The molecule has 0 aliphatic carbocycles. The van der Waals surface area contributed by atoms with Crippen molar-refractivity contribution in [2.75, 3.05) is 172 Å². The van der Waals surface area contributed by atoms with Gasteiger partial charge in [-0.15, -0.1) is 0 Å². The van der Waals surface area contributed by atoms with Gasteiger partial charge < -0.3 is 78.9 Å². The highest BCUT2D eigenvalue weighted by molar-refractivity contribution is 6.15. The molecule has 0 aromatic rings. The van der Waals surface area contributed by atoms with Crippen molar-refractivity contribution in [3.8, 4) is 0 Å². The lowest BCUT2D eigenvalue weighted by molar-refractivity contribution is -0.145. The minimum absolute atomic E-state index is 0.169. The number of carbonyl (C=O) groups is 5. The fourth-order valence-electron chi connectivity index (χ4n) is 5.00. The van der Waals surface area contributed by atoms with Gasteiger partial charge in [-0.1, -0.05) is 0 Å². The van der Waals surface area contributed by atoms with Crippen LogP contribution in [0.5, 0.6) is 0 Å². The van der Waals surface area contributed by atoms with Gasteiger partial charge in [0.05, 0.1) is 152 Å². The Morgan fingerprint density at radius 3 is 1.23 bits per heavy atom. The summed E-state index contributed by atoms with van der Waals surface area (Å²) in [5.41, 5.74) is 11.0. The predicted octanol–water partition coefficient (Wildman–Crippen LogP) is -2.29. The third-order valence-corrected chi connectivity index (χ3v) is 8.21. The molecule has 0 radical (unpaired) electrons. The Bertz CT molecular complexity index is 1150. The monoisotopic (exact) mass is 881 g/mol. The lowest BCUT2D eigenvalue weighted by Gasteiger charge is -2.26. The van der Waals surface area contributed by atoms with Crippen LogP contribution in [-0.2, 0) is 80.8 Å². The van der Waals surface area contributed by atoms with Crippen molar-refractivity contribution in [2.45, 2.75) is 37.8 Å². The van der Waals surface area contributed by atoms with Crippen LogP contribution >= 0.6 is 0 Å². The van der Waals surface area contributed by atoms with Crippen molar-refractivity contribution < 1.29 is 80.8 Å². The molecule has 6 N–H and O–H groups in total. The highest BCUT2D eigenvalue weighted by Crippen LogP contribution is 2.10. The van der Waals surface area contributed by atoms with Crippen LogP contribution in [0.25, 0.3) is 0 Å². The lowest BCUT2D eigenvalue weighted by atomic mass is 10.1. The van der Waals surface area contributed by atoms with Gasteiger partial charge in [0.25, 0.3) is 11.8 Å². The molecule has 61 heavy (non-hydrogen) atoms. The molecule has 0 aromatic heterocycles. The first-order chi connectivity index (χ1) is 29.8. The van der Waals surface area contributed by atoms with E-state index in [0.29, 0.717) is 165 Å². The molecule has 0 spiro atoms. The quantitative estimate of drug-likeness (QED) is 0.0370. The first kappa shape index (κ1) is 55.8. The largest absolute Gasteiger partial charge is 0.382 e. The van der Waals surface area contributed by atoms with Crippen molar-refractivity contribution in [1.82, 2.24) is 15.5 Å². The third kappa shape index (κ3) is 32.2. The van der Waals surface area contributed by atoms with Crippen LogP contribution in [-0.4, -0.2) is 219 Å². The van der Waals surface area contributed by atoms with E-state index in [-0.39, 0.29) is 31.9 Å². The smallest absolute Gasteiger partial charge is 0.254 e. The third-order valence-electron chi connectivity index (χ3n) is 8.21. The van der Waals surface area contributed by atoms with Gasteiger partial charge in [-0.05, 0) is 19.3 Å². The molecule has 2 unspecified atom stereocenters. The molecule has 22 heteroatoms. The normalized spacial score (nSPS) is 13.6. The van der Waals surface area contributed by atoms with Crippen LogP contribution in [0, 0.1) is 0 Å². The number of nitrogens with one attached hydrogen (secondary N) is 2. The van der Waals surface area contributed by atoms with E-state index in [1.54, 1.807) is 7.11 Å². The fraction of sp³-hybridized carbons (Fsp3) is 0.821. The van der Waals surface area contributed by atoms with Crippen LogP contribution in [0.2, 0.25) is 0 Å². The number of unbranched alkanes of at least 4 members (excludes halogenated alkanes) is 1. The van der Waals surface area contributed by atoms with Gasteiger partial charge in [-0.2, -0.15) is 0 Å². The van der Waals surface area contributed by atoms with E-state index in [2.05, 4.69) is 10.6 Å².